The van der Waals surface area contributed by atoms with Crippen LogP contribution in [0.25, 0.3) is 0 Å². The van der Waals surface area contributed by atoms with Crippen LogP contribution in [0, 0.1) is 0 Å². The van der Waals surface area contributed by atoms with Crippen LogP contribution in [-0.4, -0.2) is 16.2 Å². The first-order valence-corrected chi connectivity index (χ1v) is 6.19. The molecular weight excluding hydrogens is 226 g/mol. The summed E-state index contributed by atoms with van der Waals surface area (Å²) in [5, 5.41) is 0. The molecule has 2 heterocycles. The molecule has 0 saturated heterocycles. The van der Waals surface area contributed by atoms with Gasteiger partial charge in [-0.1, -0.05) is 24.3 Å². The van der Waals surface area contributed by atoms with Gasteiger partial charge in [-0.15, -0.1) is 0 Å². The molecule has 94 valence electrons. The number of hydrogen-bond donors (Lipinski definition) is 1. The standard InChI is InChI=1S/C14H17N3O/c1-17-8-7-16-14(17)12(15)13-11-5-3-2-4-10(11)6-9-18-13/h2-5,7-8,12-13H,6,9,15H2,1H3. The summed E-state index contributed by atoms with van der Waals surface area (Å²) in [6, 6.07) is 8.11. The fourth-order valence-electron chi connectivity index (χ4n) is 2.56. The molecule has 2 N–H and O–H groups in total. The van der Waals surface area contributed by atoms with Crippen LogP contribution in [0.2, 0.25) is 0 Å². The molecule has 0 amide bonds. The van der Waals surface area contributed by atoms with Crippen molar-refractivity contribution in [2.45, 2.75) is 18.6 Å². The number of nitrogens with two attached hydrogens (primary N) is 1. The van der Waals surface area contributed by atoms with Crippen molar-refractivity contribution in [2.24, 2.45) is 12.8 Å². The molecule has 2 aromatic rings. The molecule has 18 heavy (non-hydrogen) atoms. The lowest BCUT2D eigenvalue weighted by Crippen LogP contribution is -2.29. The highest BCUT2D eigenvalue weighted by atomic mass is 16.5. The van der Waals surface area contributed by atoms with E-state index < -0.39 is 0 Å². The first-order valence-electron chi connectivity index (χ1n) is 6.19. The molecule has 4 nitrogen and oxygen atoms in total. The van der Waals surface area contributed by atoms with Gasteiger partial charge in [0.1, 0.15) is 11.9 Å². The largest absolute Gasteiger partial charge is 0.371 e. The second-order valence-electron chi connectivity index (χ2n) is 4.66. The summed E-state index contributed by atoms with van der Waals surface area (Å²) < 4.78 is 7.82. The van der Waals surface area contributed by atoms with Crippen molar-refractivity contribution in [3.8, 4) is 0 Å². The first-order chi connectivity index (χ1) is 8.77. The number of fused-ring (bicyclic) bond motifs is 1. The van der Waals surface area contributed by atoms with Crippen molar-refractivity contribution in [1.29, 1.82) is 0 Å². The molecule has 0 fully saturated rings. The molecule has 3 rings (SSSR count). The maximum atomic E-state index is 6.32. The molecular formula is C14H17N3O. The molecule has 0 aliphatic carbocycles. The third-order valence-corrected chi connectivity index (χ3v) is 3.51. The molecule has 2 unspecified atom stereocenters. The normalized spacial score (nSPS) is 20.4. The Kier molecular flexibility index (Phi) is 2.89. The summed E-state index contributed by atoms with van der Waals surface area (Å²) in [4.78, 5) is 4.32. The first kappa shape index (κ1) is 11.4. The zero-order valence-corrected chi connectivity index (χ0v) is 10.4. The minimum atomic E-state index is -0.230. The van der Waals surface area contributed by atoms with Crippen LogP contribution in [0.4, 0.5) is 0 Å². The molecule has 0 spiro atoms. The quantitative estimate of drug-likeness (QED) is 0.874. The summed E-state index contributed by atoms with van der Waals surface area (Å²) in [7, 11) is 1.96. The lowest BCUT2D eigenvalue weighted by molar-refractivity contribution is 0.0217. The summed E-state index contributed by atoms with van der Waals surface area (Å²) >= 11 is 0. The molecule has 1 aromatic heterocycles. The molecule has 2 atom stereocenters. The van der Waals surface area contributed by atoms with Crippen LogP contribution in [-0.2, 0) is 18.2 Å². The van der Waals surface area contributed by atoms with E-state index in [0.717, 1.165) is 18.9 Å². The van der Waals surface area contributed by atoms with E-state index in [2.05, 4.69) is 23.2 Å². The maximum Gasteiger partial charge on any atom is 0.128 e. The Balaban J connectivity index is 1.97. The summed E-state index contributed by atoms with van der Waals surface area (Å²) in [6.45, 7) is 0.722. The number of aromatic nitrogens is 2. The van der Waals surface area contributed by atoms with Gasteiger partial charge in [0.25, 0.3) is 0 Å². The average molecular weight is 243 g/mol. The second-order valence-corrected chi connectivity index (χ2v) is 4.66. The van der Waals surface area contributed by atoms with Crippen LogP contribution in [0.3, 0.4) is 0 Å². The van der Waals surface area contributed by atoms with Crippen molar-refractivity contribution >= 4 is 0 Å². The third-order valence-electron chi connectivity index (χ3n) is 3.51. The Bertz CT molecular complexity index is 549. The SMILES string of the molecule is Cn1ccnc1C(N)C1OCCc2ccccc21. The van der Waals surface area contributed by atoms with Crippen molar-refractivity contribution in [3.63, 3.8) is 0 Å². The number of ether oxygens (including phenoxy) is 1. The highest BCUT2D eigenvalue weighted by Crippen LogP contribution is 2.34. The van der Waals surface area contributed by atoms with E-state index in [1.807, 2.05) is 23.9 Å². The van der Waals surface area contributed by atoms with Gasteiger partial charge in [-0.05, 0) is 17.5 Å². The van der Waals surface area contributed by atoms with Crippen LogP contribution in [0.5, 0.6) is 0 Å². The van der Waals surface area contributed by atoms with Gasteiger partial charge in [-0.3, -0.25) is 0 Å². The molecule has 1 aliphatic heterocycles. The number of hydrogen-bond acceptors (Lipinski definition) is 3. The summed E-state index contributed by atoms with van der Waals surface area (Å²) in [6.07, 6.45) is 4.53. The minimum absolute atomic E-state index is 0.101. The molecule has 0 saturated carbocycles. The van der Waals surface area contributed by atoms with Crippen LogP contribution >= 0.6 is 0 Å². The summed E-state index contributed by atoms with van der Waals surface area (Å²) in [5.41, 5.74) is 8.85. The Labute approximate surface area is 106 Å². The number of imidazole rings is 1. The second kappa shape index (κ2) is 4.55. The van der Waals surface area contributed by atoms with Crippen LogP contribution in [0.1, 0.15) is 29.1 Å². The molecule has 1 aliphatic rings. The minimum Gasteiger partial charge on any atom is -0.371 e. The van der Waals surface area contributed by atoms with Gasteiger partial charge in [-0.2, -0.15) is 0 Å². The predicted octanol–water partition coefficient (Wildman–Crippen LogP) is 1.73. The smallest absolute Gasteiger partial charge is 0.128 e. The van der Waals surface area contributed by atoms with Crippen molar-refractivity contribution < 1.29 is 4.74 Å². The third kappa shape index (κ3) is 1.83. The lowest BCUT2D eigenvalue weighted by atomic mass is 9.93. The maximum absolute atomic E-state index is 6.32. The molecule has 1 aromatic carbocycles. The monoisotopic (exact) mass is 243 g/mol. The Morgan fingerprint density at radius 1 is 1.44 bits per heavy atom. The lowest BCUT2D eigenvalue weighted by Gasteiger charge is -2.30. The summed E-state index contributed by atoms with van der Waals surface area (Å²) in [5.74, 6) is 0.858. The number of aryl methyl sites for hydroxylation is 1. The van der Waals surface area contributed by atoms with E-state index in [1.165, 1.54) is 11.1 Å². The van der Waals surface area contributed by atoms with Crippen molar-refractivity contribution in [1.82, 2.24) is 9.55 Å². The van der Waals surface area contributed by atoms with Crippen molar-refractivity contribution in [2.75, 3.05) is 6.61 Å². The fraction of sp³-hybridized carbons (Fsp3) is 0.357. The Morgan fingerprint density at radius 2 is 2.28 bits per heavy atom. The average Bonchev–Trinajstić information content (AvgIpc) is 2.83. The number of nitrogens with zero attached hydrogens (tertiary/aromatic N) is 2. The van der Waals surface area contributed by atoms with Gasteiger partial charge in [-0.25, -0.2) is 4.98 Å². The fourth-order valence-corrected chi connectivity index (χ4v) is 2.56. The highest BCUT2D eigenvalue weighted by molar-refractivity contribution is 5.32. The Hall–Kier alpha value is -1.65. The van der Waals surface area contributed by atoms with Gasteiger partial charge in [0.05, 0.1) is 12.6 Å². The number of rotatable bonds is 2. The zero-order chi connectivity index (χ0) is 12.5. The van der Waals surface area contributed by atoms with Crippen LogP contribution < -0.4 is 5.73 Å². The molecule has 0 radical (unpaired) electrons. The van der Waals surface area contributed by atoms with Gasteiger partial charge >= 0.3 is 0 Å². The highest BCUT2D eigenvalue weighted by Gasteiger charge is 2.29. The van der Waals surface area contributed by atoms with E-state index in [4.69, 9.17) is 10.5 Å². The van der Waals surface area contributed by atoms with E-state index in [-0.39, 0.29) is 12.1 Å². The van der Waals surface area contributed by atoms with E-state index in [1.54, 1.807) is 6.20 Å². The van der Waals surface area contributed by atoms with E-state index in [0.29, 0.717) is 0 Å². The van der Waals surface area contributed by atoms with E-state index >= 15 is 0 Å². The van der Waals surface area contributed by atoms with Gasteiger partial charge in [0.2, 0.25) is 0 Å². The molecule has 0 bridgehead atoms. The van der Waals surface area contributed by atoms with Crippen LogP contribution in [0.15, 0.2) is 36.7 Å². The Morgan fingerprint density at radius 3 is 3.06 bits per heavy atom. The van der Waals surface area contributed by atoms with Gasteiger partial charge < -0.3 is 15.0 Å². The molecule has 4 heteroatoms. The number of benzene rings is 1. The van der Waals surface area contributed by atoms with Gasteiger partial charge in [0, 0.05) is 19.4 Å². The van der Waals surface area contributed by atoms with Crippen molar-refractivity contribution in [3.05, 3.63) is 53.6 Å². The van der Waals surface area contributed by atoms with E-state index in [9.17, 15) is 0 Å². The predicted molar refractivity (Wildman–Crippen MR) is 69.0 cm³/mol. The van der Waals surface area contributed by atoms with Gasteiger partial charge in [0.15, 0.2) is 0 Å². The topological polar surface area (TPSA) is 53.1 Å². The zero-order valence-electron chi connectivity index (χ0n) is 10.4.